The van der Waals surface area contributed by atoms with Crippen molar-refractivity contribution in [2.45, 2.75) is 26.8 Å². The lowest BCUT2D eigenvalue weighted by molar-refractivity contribution is 0.0940. The van der Waals surface area contributed by atoms with Gasteiger partial charge in [0.15, 0.2) is 0 Å². The van der Waals surface area contributed by atoms with E-state index in [1.807, 2.05) is 12.1 Å². The molecule has 0 saturated carbocycles. The van der Waals surface area contributed by atoms with Gasteiger partial charge >= 0.3 is 0 Å². The summed E-state index contributed by atoms with van der Waals surface area (Å²) >= 11 is 0. The van der Waals surface area contributed by atoms with Gasteiger partial charge in [0.1, 0.15) is 5.82 Å². The highest BCUT2D eigenvalue weighted by Gasteiger charge is 2.11. The van der Waals surface area contributed by atoms with Crippen molar-refractivity contribution in [2.24, 2.45) is 0 Å². The van der Waals surface area contributed by atoms with Crippen molar-refractivity contribution in [3.8, 4) is 0 Å². The molecule has 0 aromatic carbocycles. The first-order valence-electron chi connectivity index (χ1n) is 5.80. The van der Waals surface area contributed by atoms with Gasteiger partial charge in [0.05, 0.1) is 12.2 Å². The number of H-pyrrole nitrogens is 1. The number of pyridine rings is 1. The van der Waals surface area contributed by atoms with Crippen LogP contribution in [0.25, 0.3) is 0 Å². The number of nitrogens with one attached hydrogen (secondary N) is 2. The molecular formula is C12H15N5O. The molecule has 0 atom stereocenters. The fourth-order valence-electron chi connectivity index (χ4n) is 1.64. The van der Waals surface area contributed by atoms with Gasteiger partial charge in [0, 0.05) is 6.20 Å². The van der Waals surface area contributed by atoms with Gasteiger partial charge in [-0.2, -0.15) is 0 Å². The summed E-state index contributed by atoms with van der Waals surface area (Å²) in [6.07, 6.45) is 2.61. The largest absolute Gasteiger partial charge is 0.344 e. The van der Waals surface area contributed by atoms with Crippen LogP contribution in [0, 0.1) is 6.92 Å². The maximum absolute atomic E-state index is 11.7. The van der Waals surface area contributed by atoms with Crippen molar-refractivity contribution in [1.29, 1.82) is 0 Å². The first kappa shape index (κ1) is 12.2. The normalized spacial score (nSPS) is 10.3. The van der Waals surface area contributed by atoms with Crippen molar-refractivity contribution in [3.63, 3.8) is 0 Å². The number of aryl methyl sites for hydroxylation is 2. The van der Waals surface area contributed by atoms with Crippen molar-refractivity contribution >= 4 is 5.91 Å². The molecule has 6 nitrogen and oxygen atoms in total. The molecule has 0 radical (unpaired) electrons. The summed E-state index contributed by atoms with van der Waals surface area (Å²) in [6, 6.07) is 3.90. The van der Waals surface area contributed by atoms with Gasteiger partial charge in [0.2, 0.25) is 5.82 Å². The zero-order valence-electron chi connectivity index (χ0n) is 10.4. The molecule has 2 heterocycles. The minimum Gasteiger partial charge on any atom is -0.344 e. The zero-order chi connectivity index (χ0) is 13.0. The fourth-order valence-corrected chi connectivity index (χ4v) is 1.64. The lowest BCUT2D eigenvalue weighted by Crippen LogP contribution is -2.25. The van der Waals surface area contributed by atoms with Gasteiger partial charge in [-0.05, 0) is 25.0 Å². The van der Waals surface area contributed by atoms with Crippen molar-refractivity contribution in [2.75, 3.05) is 0 Å². The summed E-state index contributed by atoms with van der Waals surface area (Å²) in [6.45, 7) is 4.19. The molecule has 2 aromatic heterocycles. The van der Waals surface area contributed by atoms with E-state index in [0.717, 1.165) is 17.7 Å². The van der Waals surface area contributed by atoms with Gasteiger partial charge in [-0.3, -0.25) is 14.9 Å². The van der Waals surface area contributed by atoms with E-state index in [1.54, 1.807) is 13.1 Å². The van der Waals surface area contributed by atoms with Crippen LogP contribution in [-0.2, 0) is 13.0 Å². The molecular weight excluding hydrogens is 230 g/mol. The number of hydrogen-bond acceptors (Lipinski definition) is 4. The smallest absolute Gasteiger partial charge is 0.291 e. The number of aromatic amines is 1. The van der Waals surface area contributed by atoms with Gasteiger partial charge < -0.3 is 5.32 Å². The molecule has 18 heavy (non-hydrogen) atoms. The maximum atomic E-state index is 11.7. The summed E-state index contributed by atoms with van der Waals surface area (Å²) in [5.41, 5.74) is 2.00. The summed E-state index contributed by atoms with van der Waals surface area (Å²) < 4.78 is 0. The van der Waals surface area contributed by atoms with Crippen LogP contribution in [0.3, 0.4) is 0 Å². The Morgan fingerprint density at radius 1 is 1.50 bits per heavy atom. The predicted octanol–water partition coefficient (Wildman–Crippen LogP) is 1.00. The molecule has 0 aliphatic carbocycles. The molecule has 0 spiro atoms. The van der Waals surface area contributed by atoms with Crippen LogP contribution in [0.4, 0.5) is 0 Å². The summed E-state index contributed by atoms with van der Waals surface area (Å²) in [5, 5.41) is 9.19. The quantitative estimate of drug-likeness (QED) is 0.841. The highest BCUT2D eigenvalue weighted by molar-refractivity contribution is 5.90. The zero-order valence-corrected chi connectivity index (χ0v) is 10.4. The Morgan fingerprint density at radius 3 is 3.00 bits per heavy atom. The van der Waals surface area contributed by atoms with Gasteiger partial charge in [-0.25, -0.2) is 4.98 Å². The third-order valence-corrected chi connectivity index (χ3v) is 2.58. The van der Waals surface area contributed by atoms with E-state index in [-0.39, 0.29) is 11.7 Å². The predicted molar refractivity (Wildman–Crippen MR) is 65.9 cm³/mol. The van der Waals surface area contributed by atoms with Crippen LogP contribution in [0.1, 0.15) is 34.6 Å². The molecule has 0 fully saturated rings. The number of aromatic nitrogens is 4. The SMILES string of the molecule is CCc1cccnc1CNC(=O)c1n[nH]c(C)n1. The molecule has 0 bridgehead atoms. The molecule has 0 aliphatic rings. The minimum atomic E-state index is -0.299. The van der Waals surface area contributed by atoms with Crippen LogP contribution in [0.15, 0.2) is 18.3 Å². The van der Waals surface area contributed by atoms with Crippen LogP contribution in [-0.4, -0.2) is 26.1 Å². The molecule has 0 saturated heterocycles. The highest BCUT2D eigenvalue weighted by Crippen LogP contribution is 2.05. The molecule has 2 N–H and O–H groups in total. The molecule has 0 aliphatic heterocycles. The highest BCUT2D eigenvalue weighted by atomic mass is 16.2. The van der Waals surface area contributed by atoms with E-state index >= 15 is 0 Å². The number of amides is 1. The van der Waals surface area contributed by atoms with E-state index in [4.69, 9.17) is 0 Å². The Morgan fingerprint density at radius 2 is 2.33 bits per heavy atom. The van der Waals surface area contributed by atoms with Gasteiger partial charge in [-0.1, -0.05) is 13.0 Å². The lowest BCUT2D eigenvalue weighted by atomic mass is 10.1. The van der Waals surface area contributed by atoms with E-state index in [9.17, 15) is 4.79 Å². The Labute approximate surface area is 105 Å². The first-order chi connectivity index (χ1) is 8.70. The number of carbonyl (C=O) groups is 1. The lowest BCUT2D eigenvalue weighted by Gasteiger charge is -2.06. The average Bonchev–Trinajstić information content (AvgIpc) is 2.83. The third kappa shape index (κ3) is 2.71. The van der Waals surface area contributed by atoms with E-state index in [1.165, 1.54) is 0 Å². The van der Waals surface area contributed by atoms with Crippen molar-refractivity contribution in [3.05, 3.63) is 41.2 Å². The number of hydrogen-bond donors (Lipinski definition) is 2. The second-order valence-electron chi connectivity index (χ2n) is 3.89. The Kier molecular flexibility index (Phi) is 3.66. The maximum Gasteiger partial charge on any atom is 0.291 e. The second-order valence-corrected chi connectivity index (χ2v) is 3.89. The Bertz CT molecular complexity index is 549. The Balaban J connectivity index is 2.01. The number of rotatable bonds is 4. The average molecular weight is 245 g/mol. The number of nitrogens with zero attached hydrogens (tertiary/aromatic N) is 3. The van der Waals surface area contributed by atoms with E-state index < -0.39 is 0 Å². The molecule has 2 rings (SSSR count). The van der Waals surface area contributed by atoms with Crippen LogP contribution >= 0.6 is 0 Å². The molecule has 0 unspecified atom stereocenters. The van der Waals surface area contributed by atoms with Gasteiger partial charge in [-0.15, -0.1) is 5.10 Å². The standard InChI is InChI=1S/C12H15N5O/c1-3-9-5-4-6-13-10(9)7-14-12(18)11-15-8(2)16-17-11/h4-6H,3,7H2,1-2H3,(H,14,18)(H,15,16,17). The van der Waals surface area contributed by atoms with E-state index in [0.29, 0.717) is 12.4 Å². The minimum absolute atomic E-state index is 0.154. The van der Waals surface area contributed by atoms with Crippen molar-refractivity contribution in [1.82, 2.24) is 25.5 Å². The second kappa shape index (κ2) is 5.39. The molecule has 6 heteroatoms. The Hall–Kier alpha value is -2.24. The van der Waals surface area contributed by atoms with Crippen LogP contribution in [0.2, 0.25) is 0 Å². The monoisotopic (exact) mass is 245 g/mol. The summed E-state index contributed by atoms with van der Waals surface area (Å²) in [4.78, 5) is 20.0. The van der Waals surface area contributed by atoms with Crippen LogP contribution < -0.4 is 5.32 Å². The van der Waals surface area contributed by atoms with Crippen molar-refractivity contribution < 1.29 is 4.79 Å². The first-order valence-corrected chi connectivity index (χ1v) is 5.80. The van der Waals surface area contributed by atoms with Gasteiger partial charge in [0.25, 0.3) is 5.91 Å². The summed E-state index contributed by atoms with van der Waals surface area (Å²) in [5.74, 6) is 0.473. The number of carbonyl (C=O) groups excluding carboxylic acids is 1. The molecule has 1 amide bonds. The van der Waals surface area contributed by atoms with E-state index in [2.05, 4.69) is 32.4 Å². The molecule has 2 aromatic rings. The topological polar surface area (TPSA) is 83.6 Å². The molecule has 94 valence electrons. The van der Waals surface area contributed by atoms with Crippen LogP contribution in [0.5, 0.6) is 0 Å². The third-order valence-electron chi connectivity index (χ3n) is 2.58. The summed E-state index contributed by atoms with van der Waals surface area (Å²) in [7, 11) is 0. The fraction of sp³-hybridized carbons (Fsp3) is 0.333.